The lowest BCUT2D eigenvalue weighted by atomic mass is 10.1. The van der Waals surface area contributed by atoms with Crippen molar-refractivity contribution in [2.75, 3.05) is 53.0 Å². The van der Waals surface area contributed by atoms with Gasteiger partial charge in [0.1, 0.15) is 7.11 Å². The van der Waals surface area contributed by atoms with Crippen LogP contribution in [0.3, 0.4) is 0 Å². The van der Waals surface area contributed by atoms with Crippen LogP contribution < -0.4 is 10.2 Å². The molecule has 1 aromatic carbocycles. The minimum Gasteiger partial charge on any atom is -0.416 e. The predicted octanol–water partition coefficient (Wildman–Crippen LogP) is 1.61. The van der Waals surface area contributed by atoms with Crippen LogP contribution in [0.1, 0.15) is 33.7 Å². The monoisotopic (exact) mass is 636 g/mol. The molecular weight excluding hydrogens is 604 g/mol. The molecule has 5 heterocycles. The summed E-state index contributed by atoms with van der Waals surface area (Å²) >= 11 is 7.53. The van der Waals surface area contributed by atoms with E-state index in [2.05, 4.69) is 17.2 Å². The third kappa shape index (κ3) is 5.51. The van der Waals surface area contributed by atoms with Crippen LogP contribution in [0.4, 0.5) is 0 Å². The van der Waals surface area contributed by atoms with E-state index < -0.39 is 16.1 Å². The molecule has 2 aromatic heterocycles. The molecule has 3 aliphatic heterocycles. The molecule has 0 saturated carbocycles. The standard InChI is InChI=1S/C27H33ClN6O6S2/c1-17-11-21-23(15-29-17)41-26(30-21)27(36)33-6-5-32(16-20(33)14-24(35)31-7-9-40-10-8-31)42(37,38)25-12-18-3-4-19(28)13-22(18)34(25)39-2/h3-4,12-13,17,20,29H,5-11,14-16H2,1-2H3. The van der Waals surface area contributed by atoms with Gasteiger partial charge >= 0.3 is 0 Å². The summed E-state index contributed by atoms with van der Waals surface area (Å²) < 4.78 is 36.0. The van der Waals surface area contributed by atoms with Crippen molar-refractivity contribution in [2.45, 2.75) is 43.4 Å². The Morgan fingerprint density at radius 3 is 2.74 bits per heavy atom. The first kappa shape index (κ1) is 29.3. The number of aromatic nitrogens is 2. The molecule has 3 aromatic rings. The number of sulfonamides is 1. The zero-order valence-electron chi connectivity index (χ0n) is 23.4. The lowest BCUT2D eigenvalue weighted by Gasteiger charge is -2.41. The molecule has 12 nitrogen and oxygen atoms in total. The third-order valence-corrected chi connectivity index (χ3v) is 11.2. The van der Waals surface area contributed by atoms with Crippen molar-refractivity contribution in [3.05, 3.63) is 44.9 Å². The quantitative estimate of drug-likeness (QED) is 0.433. The molecule has 0 bridgehead atoms. The number of carbonyl (C=O) groups excluding carboxylic acids is 2. The lowest BCUT2D eigenvalue weighted by molar-refractivity contribution is -0.136. The zero-order valence-corrected chi connectivity index (χ0v) is 25.8. The molecule has 0 aliphatic carbocycles. The Hall–Kier alpha value is -2.75. The van der Waals surface area contributed by atoms with E-state index in [1.807, 2.05) is 0 Å². The molecule has 1 N–H and O–H groups in total. The van der Waals surface area contributed by atoms with Gasteiger partial charge in [-0.2, -0.15) is 9.04 Å². The van der Waals surface area contributed by atoms with E-state index in [0.29, 0.717) is 53.8 Å². The number of nitrogens with zero attached hydrogens (tertiary/aromatic N) is 5. The second-order valence-corrected chi connectivity index (χ2v) is 14.2. The first-order valence-corrected chi connectivity index (χ1v) is 16.5. The fraction of sp³-hybridized carbons (Fsp3) is 0.519. The SMILES string of the molecule is COn1c(S(=O)(=O)N2CCN(C(=O)c3nc4c(s3)CNC(C)C4)C(CC(=O)N3CCOCC3)C2)cc2ccc(Cl)cc21. The number of hydrogen-bond acceptors (Lipinski definition) is 9. The molecule has 2 amide bonds. The van der Waals surface area contributed by atoms with Crippen LogP contribution in [0.5, 0.6) is 0 Å². The van der Waals surface area contributed by atoms with Gasteiger partial charge < -0.3 is 24.7 Å². The van der Waals surface area contributed by atoms with Crippen LogP contribution in [-0.4, -0.2) is 109 Å². The van der Waals surface area contributed by atoms with Gasteiger partial charge in [-0.3, -0.25) is 9.59 Å². The second-order valence-electron chi connectivity index (χ2n) is 10.8. The number of morpholine rings is 1. The fourth-order valence-corrected chi connectivity index (χ4v) is 8.56. The van der Waals surface area contributed by atoms with Gasteiger partial charge in [0.25, 0.3) is 15.9 Å². The minimum absolute atomic E-state index is 0.00961. The highest BCUT2D eigenvalue weighted by Gasteiger charge is 2.41. The Bertz CT molecular complexity index is 1620. The fourth-order valence-electron chi connectivity index (χ4n) is 5.78. The largest absolute Gasteiger partial charge is 0.416 e. The number of hydrogen-bond donors (Lipinski definition) is 1. The first-order valence-electron chi connectivity index (χ1n) is 13.9. The number of amides is 2. The van der Waals surface area contributed by atoms with Gasteiger partial charge in [-0.25, -0.2) is 13.4 Å². The van der Waals surface area contributed by atoms with Crippen molar-refractivity contribution >= 4 is 55.7 Å². The smallest absolute Gasteiger partial charge is 0.283 e. The third-order valence-electron chi connectivity index (χ3n) is 8.03. The zero-order chi connectivity index (χ0) is 29.6. The Morgan fingerprint density at radius 1 is 1.19 bits per heavy atom. The average Bonchev–Trinajstić information content (AvgIpc) is 3.58. The van der Waals surface area contributed by atoms with Crippen molar-refractivity contribution in [3.8, 4) is 0 Å². The Balaban J connectivity index is 1.30. The highest BCUT2D eigenvalue weighted by atomic mass is 35.5. The topological polar surface area (TPSA) is 126 Å². The number of piperazine rings is 1. The van der Waals surface area contributed by atoms with Crippen LogP contribution in [0, 0.1) is 0 Å². The van der Waals surface area contributed by atoms with Crippen LogP contribution in [0.25, 0.3) is 10.9 Å². The Kier molecular flexibility index (Phi) is 8.19. The molecular formula is C27H33ClN6O6S2. The first-order chi connectivity index (χ1) is 20.2. The number of ether oxygens (including phenoxy) is 1. The molecule has 2 fully saturated rings. The van der Waals surface area contributed by atoms with Gasteiger partial charge in [0.15, 0.2) is 10.0 Å². The maximum Gasteiger partial charge on any atom is 0.283 e. The van der Waals surface area contributed by atoms with Crippen LogP contribution >= 0.6 is 22.9 Å². The summed E-state index contributed by atoms with van der Waals surface area (Å²) in [7, 11) is -2.68. The number of nitrogens with one attached hydrogen (secondary N) is 1. The summed E-state index contributed by atoms with van der Waals surface area (Å²) in [5.41, 5.74) is 1.44. The van der Waals surface area contributed by atoms with Crippen molar-refractivity contribution in [1.29, 1.82) is 0 Å². The molecule has 15 heteroatoms. The molecule has 2 atom stereocenters. The summed E-state index contributed by atoms with van der Waals surface area (Å²) in [6.07, 6.45) is 0.729. The van der Waals surface area contributed by atoms with E-state index in [1.165, 1.54) is 27.5 Å². The summed E-state index contributed by atoms with van der Waals surface area (Å²) in [6, 6.07) is 6.20. The molecule has 3 aliphatic rings. The number of rotatable bonds is 6. The molecule has 0 spiro atoms. The lowest BCUT2D eigenvalue weighted by Crippen LogP contribution is -2.58. The predicted molar refractivity (Wildman–Crippen MR) is 157 cm³/mol. The summed E-state index contributed by atoms with van der Waals surface area (Å²) in [5.74, 6) is -0.419. The van der Waals surface area contributed by atoms with E-state index in [-0.39, 0.29) is 48.9 Å². The maximum absolute atomic E-state index is 14.0. The van der Waals surface area contributed by atoms with E-state index >= 15 is 0 Å². The summed E-state index contributed by atoms with van der Waals surface area (Å²) in [4.78, 5) is 41.7. The minimum atomic E-state index is -4.07. The summed E-state index contributed by atoms with van der Waals surface area (Å²) in [6.45, 7) is 4.69. The van der Waals surface area contributed by atoms with Gasteiger partial charge in [0.2, 0.25) is 5.91 Å². The van der Waals surface area contributed by atoms with Crippen molar-refractivity contribution in [2.24, 2.45) is 0 Å². The van der Waals surface area contributed by atoms with Gasteiger partial charge in [0, 0.05) is 73.4 Å². The number of carbonyl (C=O) groups is 2. The number of thiazole rings is 1. The molecule has 42 heavy (non-hydrogen) atoms. The maximum atomic E-state index is 14.0. The highest BCUT2D eigenvalue weighted by molar-refractivity contribution is 7.89. The van der Waals surface area contributed by atoms with Crippen molar-refractivity contribution < 1.29 is 27.6 Å². The van der Waals surface area contributed by atoms with E-state index in [1.54, 1.807) is 34.1 Å². The van der Waals surface area contributed by atoms with E-state index in [4.69, 9.17) is 21.2 Å². The molecule has 226 valence electrons. The molecule has 2 saturated heterocycles. The molecule has 6 rings (SSSR count). The van der Waals surface area contributed by atoms with E-state index in [9.17, 15) is 18.0 Å². The van der Waals surface area contributed by atoms with Gasteiger partial charge in [-0.05, 0) is 25.1 Å². The molecule has 2 unspecified atom stereocenters. The van der Waals surface area contributed by atoms with Gasteiger partial charge in [-0.15, -0.1) is 11.3 Å². The van der Waals surface area contributed by atoms with Crippen LogP contribution in [0.15, 0.2) is 29.3 Å². The van der Waals surface area contributed by atoms with Crippen molar-refractivity contribution in [3.63, 3.8) is 0 Å². The van der Waals surface area contributed by atoms with Crippen molar-refractivity contribution in [1.82, 2.24) is 29.1 Å². The van der Waals surface area contributed by atoms with Crippen LogP contribution in [-0.2, 0) is 32.5 Å². The van der Waals surface area contributed by atoms with Gasteiger partial charge in [-0.1, -0.05) is 17.7 Å². The highest BCUT2D eigenvalue weighted by Crippen LogP contribution is 2.30. The number of fused-ring (bicyclic) bond motifs is 2. The summed E-state index contributed by atoms with van der Waals surface area (Å²) in [5, 5.41) is 4.82. The number of benzene rings is 1. The van der Waals surface area contributed by atoms with Gasteiger partial charge in [0.05, 0.1) is 30.5 Å². The average molecular weight is 637 g/mol. The second kappa shape index (κ2) is 11.7. The number of halogens is 1. The van der Waals surface area contributed by atoms with Crippen LogP contribution in [0.2, 0.25) is 5.02 Å². The Morgan fingerprint density at radius 2 is 1.98 bits per heavy atom. The molecule has 0 radical (unpaired) electrons. The Labute approximate surface area is 253 Å². The normalized spacial score (nSPS) is 21.9. The van der Waals surface area contributed by atoms with E-state index in [0.717, 1.165) is 17.0 Å².